The van der Waals surface area contributed by atoms with Crippen molar-refractivity contribution in [3.63, 3.8) is 0 Å². The Morgan fingerprint density at radius 1 is 1.46 bits per heavy atom. The Hall–Kier alpha value is -0.370. The fourth-order valence-corrected chi connectivity index (χ4v) is 2.04. The van der Waals surface area contributed by atoms with E-state index in [0.717, 1.165) is 25.7 Å². The summed E-state index contributed by atoms with van der Waals surface area (Å²) in [6.07, 6.45) is 4.77. The van der Waals surface area contributed by atoms with Crippen molar-refractivity contribution in [1.82, 2.24) is 0 Å². The molecule has 0 atom stereocenters. The molecule has 0 saturated heterocycles. The molecule has 1 rings (SSSR count). The van der Waals surface area contributed by atoms with Gasteiger partial charge in [0.1, 0.15) is 5.78 Å². The molecule has 0 radical (unpaired) electrons. The molecular formula is C11H20O2. The van der Waals surface area contributed by atoms with E-state index in [-0.39, 0.29) is 5.60 Å². The van der Waals surface area contributed by atoms with E-state index < -0.39 is 0 Å². The first-order valence-electron chi connectivity index (χ1n) is 5.19. The molecule has 0 aromatic heterocycles. The van der Waals surface area contributed by atoms with Gasteiger partial charge in [0, 0.05) is 19.4 Å². The lowest BCUT2D eigenvalue weighted by atomic mass is 9.77. The van der Waals surface area contributed by atoms with Gasteiger partial charge in [-0.1, -0.05) is 6.92 Å². The highest BCUT2D eigenvalue weighted by Gasteiger charge is 2.32. The van der Waals surface area contributed by atoms with Crippen molar-refractivity contribution in [2.75, 3.05) is 7.11 Å². The van der Waals surface area contributed by atoms with Gasteiger partial charge in [-0.2, -0.15) is 0 Å². The molecule has 0 aliphatic heterocycles. The molecule has 0 N–H and O–H groups in total. The summed E-state index contributed by atoms with van der Waals surface area (Å²) in [6.45, 7) is 4.09. The van der Waals surface area contributed by atoms with E-state index in [2.05, 4.69) is 6.92 Å². The second kappa shape index (κ2) is 4.23. The first-order valence-corrected chi connectivity index (χ1v) is 5.19. The zero-order valence-corrected chi connectivity index (χ0v) is 8.93. The summed E-state index contributed by atoms with van der Waals surface area (Å²) in [5.41, 5.74) is 0.0323. The van der Waals surface area contributed by atoms with Crippen molar-refractivity contribution < 1.29 is 9.53 Å². The summed E-state index contributed by atoms with van der Waals surface area (Å²) in [6, 6.07) is 0. The van der Waals surface area contributed by atoms with Gasteiger partial charge in [-0.25, -0.2) is 0 Å². The van der Waals surface area contributed by atoms with Crippen molar-refractivity contribution in [3.8, 4) is 0 Å². The van der Waals surface area contributed by atoms with Crippen LogP contribution in [0.3, 0.4) is 0 Å². The van der Waals surface area contributed by atoms with Crippen molar-refractivity contribution in [2.45, 2.75) is 51.6 Å². The molecule has 2 heteroatoms. The molecule has 13 heavy (non-hydrogen) atoms. The number of hydrogen-bond acceptors (Lipinski definition) is 2. The van der Waals surface area contributed by atoms with Crippen molar-refractivity contribution in [2.24, 2.45) is 5.92 Å². The molecule has 1 saturated carbocycles. The van der Waals surface area contributed by atoms with E-state index in [0.29, 0.717) is 18.1 Å². The summed E-state index contributed by atoms with van der Waals surface area (Å²) in [7, 11) is 1.77. The van der Waals surface area contributed by atoms with Crippen LogP contribution in [0.1, 0.15) is 46.0 Å². The number of carbonyl (C=O) groups excluding carboxylic acids is 1. The number of Topliss-reactive ketones (excluding diaryl/α,β-unsaturated/α-hetero) is 1. The van der Waals surface area contributed by atoms with Crippen LogP contribution in [-0.2, 0) is 9.53 Å². The van der Waals surface area contributed by atoms with Gasteiger partial charge in [0.25, 0.3) is 0 Å². The third-order valence-corrected chi connectivity index (χ3v) is 3.34. The second-order valence-electron chi connectivity index (χ2n) is 4.25. The Bertz CT molecular complexity index is 179. The third kappa shape index (κ3) is 2.53. The summed E-state index contributed by atoms with van der Waals surface area (Å²) in [4.78, 5) is 11.4. The number of methoxy groups -OCH3 is 1. The van der Waals surface area contributed by atoms with Crippen LogP contribution in [-0.4, -0.2) is 18.5 Å². The van der Waals surface area contributed by atoms with Crippen LogP contribution in [0, 0.1) is 5.92 Å². The molecule has 0 bridgehead atoms. The minimum atomic E-state index is 0.0323. The number of carbonyl (C=O) groups is 1. The molecule has 0 unspecified atom stereocenters. The van der Waals surface area contributed by atoms with Gasteiger partial charge in [0.15, 0.2) is 0 Å². The van der Waals surface area contributed by atoms with E-state index in [1.54, 1.807) is 7.11 Å². The van der Waals surface area contributed by atoms with Crippen molar-refractivity contribution in [1.29, 1.82) is 0 Å². The molecule has 1 aliphatic carbocycles. The monoisotopic (exact) mass is 184 g/mol. The van der Waals surface area contributed by atoms with Crippen LogP contribution in [0.15, 0.2) is 0 Å². The van der Waals surface area contributed by atoms with Crippen LogP contribution < -0.4 is 0 Å². The summed E-state index contributed by atoms with van der Waals surface area (Å²) in [5.74, 6) is 0.742. The molecule has 0 amide bonds. The normalized spacial score (nSPS) is 34.5. The van der Waals surface area contributed by atoms with Crippen LogP contribution in [0.25, 0.3) is 0 Å². The van der Waals surface area contributed by atoms with Gasteiger partial charge < -0.3 is 4.74 Å². The Balaban J connectivity index is 2.43. The molecule has 0 aromatic rings. The molecule has 76 valence electrons. The number of ether oxygens (including phenoxy) is 1. The van der Waals surface area contributed by atoms with Crippen LogP contribution in [0.5, 0.6) is 0 Å². The average Bonchev–Trinajstić information content (AvgIpc) is 2.18. The first-order chi connectivity index (χ1) is 6.11. The minimum Gasteiger partial charge on any atom is -0.379 e. The van der Waals surface area contributed by atoms with Crippen LogP contribution in [0.2, 0.25) is 0 Å². The highest BCUT2D eigenvalue weighted by molar-refractivity contribution is 5.80. The quantitative estimate of drug-likeness (QED) is 0.673. The standard InChI is InChI=1S/C11H20O2/c1-4-10(12)9-5-7-11(2,13-3)8-6-9/h9H,4-8H2,1-3H3. The highest BCUT2D eigenvalue weighted by atomic mass is 16.5. The Morgan fingerprint density at radius 3 is 2.38 bits per heavy atom. The topological polar surface area (TPSA) is 26.3 Å². The molecule has 1 fully saturated rings. The lowest BCUT2D eigenvalue weighted by Gasteiger charge is -2.35. The lowest BCUT2D eigenvalue weighted by Crippen LogP contribution is -2.34. The lowest BCUT2D eigenvalue weighted by molar-refractivity contribution is -0.125. The molecular weight excluding hydrogens is 164 g/mol. The molecule has 0 aromatic carbocycles. The summed E-state index contributed by atoms with van der Waals surface area (Å²) in [5, 5.41) is 0. The predicted molar refractivity (Wildman–Crippen MR) is 52.7 cm³/mol. The average molecular weight is 184 g/mol. The van der Waals surface area contributed by atoms with E-state index >= 15 is 0 Å². The molecule has 2 nitrogen and oxygen atoms in total. The first kappa shape index (κ1) is 10.7. The maximum atomic E-state index is 11.4. The number of ketones is 1. The number of rotatable bonds is 3. The predicted octanol–water partition coefficient (Wildman–Crippen LogP) is 2.56. The maximum Gasteiger partial charge on any atom is 0.135 e. The minimum absolute atomic E-state index is 0.0323. The Morgan fingerprint density at radius 2 is 2.00 bits per heavy atom. The summed E-state index contributed by atoms with van der Waals surface area (Å²) >= 11 is 0. The van der Waals surface area contributed by atoms with E-state index in [9.17, 15) is 4.79 Å². The van der Waals surface area contributed by atoms with Gasteiger partial charge in [0.05, 0.1) is 5.60 Å². The van der Waals surface area contributed by atoms with Crippen LogP contribution >= 0.6 is 0 Å². The molecule has 0 spiro atoms. The van der Waals surface area contributed by atoms with Gasteiger partial charge >= 0.3 is 0 Å². The highest BCUT2D eigenvalue weighted by Crippen LogP contribution is 2.34. The van der Waals surface area contributed by atoms with E-state index in [4.69, 9.17) is 4.74 Å². The Kier molecular flexibility index (Phi) is 3.48. The maximum absolute atomic E-state index is 11.4. The second-order valence-corrected chi connectivity index (χ2v) is 4.25. The van der Waals surface area contributed by atoms with Gasteiger partial charge in [0.2, 0.25) is 0 Å². The van der Waals surface area contributed by atoms with Crippen molar-refractivity contribution in [3.05, 3.63) is 0 Å². The zero-order chi connectivity index (χ0) is 9.90. The Labute approximate surface area is 80.7 Å². The smallest absolute Gasteiger partial charge is 0.135 e. The van der Waals surface area contributed by atoms with E-state index in [1.165, 1.54) is 0 Å². The SMILES string of the molecule is CCC(=O)C1CCC(C)(OC)CC1. The van der Waals surface area contributed by atoms with Gasteiger partial charge in [-0.3, -0.25) is 4.79 Å². The van der Waals surface area contributed by atoms with Gasteiger partial charge in [-0.05, 0) is 32.6 Å². The summed E-state index contributed by atoms with van der Waals surface area (Å²) < 4.78 is 5.43. The molecule has 0 heterocycles. The largest absolute Gasteiger partial charge is 0.379 e. The number of hydrogen-bond donors (Lipinski definition) is 0. The van der Waals surface area contributed by atoms with Crippen molar-refractivity contribution >= 4 is 5.78 Å². The zero-order valence-electron chi connectivity index (χ0n) is 8.93. The fraction of sp³-hybridized carbons (Fsp3) is 0.909. The van der Waals surface area contributed by atoms with E-state index in [1.807, 2.05) is 6.92 Å². The fourth-order valence-electron chi connectivity index (χ4n) is 2.04. The van der Waals surface area contributed by atoms with Gasteiger partial charge in [-0.15, -0.1) is 0 Å². The molecule has 1 aliphatic rings. The van der Waals surface area contributed by atoms with Crippen LogP contribution in [0.4, 0.5) is 0 Å². The third-order valence-electron chi connectivity index (χ3n) is 3.34.